The van der Waals surface area contributed by atoms with Crippen LogP contribution in [-0.4, -0.2) is 41.6 Å². The number of rotatable bonds is 14. The molecule has 0 spiro atoms. The predicted molar refractivity (Wildman–Crippen MR) is 146 cm³/mol. The summed E-state index contributed by atoms with van der Waals surface area (Å²) in [6.07, 6.45) is 0.0114. The fourth-order valence-electron chi connectivity index (χ4n) is 4.02. The molecule has 9 heteroatoms. The number of hydrogen-bond donors (Lipinski definition) is 3. The number of aliphatic hydroxyl groups excluding tert-OH is 1. The van der Waals surface area contributed by atoms with Crippen LogP contribution in [0.25, 0.3) is 0 Å². The molecular weight excluding hydrogens is 491 g/mol. The van der Waals surface area contributed by atoms with Gasteiger partial charge < -0.3 is 25.0 Å². The van der Waals surface area contributed by atoms with Gasteiger partial charge in [0.15, 0.2) is 5.85 Å². The van der Waals surface area contributed by atoms with Gasteiger partial charge >= 0.3 is 6.09 Å². The van der Waals surface area contributed by atoms with Crippen LogP contribution in [-0.2, 0) is 25.2 Å². The second-order valence-corrected chi connectivity index (χ2v) is 12.4. The zero-order valence-electron chi connectivity index (χ0n) is 22.4. The highest BCUT2D eigenvalue weighted by atomic mass is 31.2. The van der Waals surface area contributed by atoms with E-state index in [4.69, 9.17) is 9.26 Å². The molecule has 0 radical (unpaired) electrons. The zero-order valence-corrected chi connectivity index (χ0v) is 23.3. The van der Waals surface area contributed by atoms with E-state index in [0.717, 1.165) is 5.56 Å². The Labute approximate surface area is 220 Å². The predicted octanol–water partition coefficient (Wildman–Crippen LogP) is 4.82. The van der Waals surface area contributed by atoms with Gasteiger partial charge in [0.1, 0.15) is 12.6 Å². The Morgan fingerprint density at radius 3 is 2.00 bits per heavy atom. The molecule has 0 fully saturated rings. The first-order valence-electron chi connectivity index (χ1n) is 12.8. The highest BCUT2D eigenvalue weighted by molar-refractivity contribution is 7.67. The summed E-state index contributed by atoms with van der Waals surface area (Å²) in [5.74, 6) is -1.77. The molecule has 204 valence electrons. The molecule has 2 aromatic rings. The molecule has 0 heterocycles. The summed E-state index contributed by atoms with van der Waals surface area (Å²) in [7, 11) is -3.73. The number of benzene rings is 2. The molecular formula is C28H41N2O6P. The van der Waals surface area contributed by atoms with Crippen LogP contribution in [0.15, 0.2) is 60.7 Å². The normalized spacial score (nSPS) is 15.5. The lowest BCUT2D eigenvalue weighted by Crippen LogP contribution is -2.53. The quantitative estimate of drug-likeness (QED) is 0.301. The van der Waals surface area contributed by atoms with Gasteiger partial charge in [0, 0.05) is 5.30 Å². The van der Waals surface area contributed by atoms with E-state index in [1.807, 2.05) is 58.0 Å². The van der Waals surface area contributed by atoms with Crippen molar-refractivity contribution in [2.75, 3.05) is 6.61 Å². The van der Waals surface area contributed by atoms with Crippen molar-refractivity contribution in [2.24, 2.45) is 11.8 Å². The van der Waals surface area contributed by atoms with E-state index in [2.05, 4.69) is 10.6 Å². The third-order valence-electron chi connectivity index (χ3n) is 5.73. The van der Waals surface area contributed by atoms with Crippen molar-refractivity contribution in [1.29, 1.82) is 0 Å². The Morgan fingerprint density at radius 2 is 1.46 bits per heavy atom. The fourth-order valence-corrected chi connectivity index (χ4v) is 6.27. The number of hydrogen-bond acceptors (Lipinski definition) is 6. The summed E-state index contributed by atoms with van der Waals surface area (Å²) in [4.78, 5) is 25.9. The van der Waals surface area contributed by atoms with Crippen LogP contribution in [0.3, 0.4) is 0 Å². The smallest absolute Gasteiger partial charge is 0.408 e. The highest BCUT2D eigenvalue weighted by Crippen LogP contribution is 2.51. The van der Waals surface area contributed by atoms with E-state index in [0.29, 0.717) is 18.1 Å². The summed E-state index contributed by atoms with van der Waals surface area (Å²) >= 11 is 0. The van der Waals surface area contributed by atoms with Crippen molar-refractivity contribution in [3.05, 3.63) is 66.2 Å². The first kappa shape index (κ1) is 30.6. The minimum Gasteiger partial charge on any atom is -0.445 e. The van der Waals surface area contributed by atoms with Crippen LogP contribution in [0.5, 0.6) is 0 Å². The molecule has 0 saturated heterocycles. The summed E-state index contributed by atoms with van der Waals surface area (Å²) in [6.45, 7) is 9.70. The molecule has 0 aliphatic carbocycles. The van der Waals surface area contributed by atoms with Crippen molar-refractivity contribution in [1.82, 2.24) is 10.6 Å². The van der Waals surface area contributed by atoms with Crippen molar-refractivity contribution < 1.29 is 28.5 Å². The Balaban J connectivity index is 2.20. The Hall–Kier alpha value is -2.67. The molecule has 0 bridgehead atoms. The Morgan fingerprint density at radius 1 is 0.892 bits per heavy atom. The summed E-state index contributed by atoms with van der Waals surface area (Å²) in [6, 6.07) is 16.1. The van der Waals surface area contributed by atoms with Gasteiger partial charge in [-0.15, -0.1) is 0 Å². The number of carbonyl (C=O) groups excluding carboxylic acids is 2. The van der Waals surface area contributed by atoms with Gasteiger partial charge in [-0.05, 0) is 49.3 Å². The maximum Gasteiger partial charge on any atom is 0.408 e. The van der Waals surface area contributed by atoms with Crippen LogP contribution in [0.4, 0.5) is 4.79 Å². The average molecular weight is 533 g/mol. The van der Waals surface area contributed by atoms with E-state index in [1.54, 1.807) is 37.3 Å². The van der Waals surface area contributed by atoms with Gasteiger partial charge in [0.05, 0.1) is 12.6 Å². The number of amides is 2. The number of nitrogens with one attached hydrogen (secondary N) is 2. The van der Waals surface area contributed by atoms with Crippen LogP contribution >= 0.6 is 7.37 Å². The minimum absolute atomic E-state index is 0.0754. The summed E-state index contributed by atoms with van der Waals surface area (Å²) in [5, 5.41) is 17.2. The van der Waals surface area contributed by atoms with Gasteiger partial charge in [0.2, 0.25) is 5.91 Å². The van der Waals surface area contributed by atoms with E-state index < -0.39 is 37.3 Å². The Bertz CT molecular complexity index is 1020. The van der Waals surface area contributed by atoms with Gasteiger partial charge in [-0.2, -0.15) is 0 Å². The largest absolute Gasteiger partial charge is 0.445 e. The monoisotopic (exact) mass is 532 g/mol. The molecule has 37 heavy (non-hydrogen) atoms. The average Bonchev–Trinajstić information content (AvgIpc) is 2.87. The van der Waals surface area contributed by atoms with E-state index >= 15 is 0 Å². The molecule has 0 aromatic heterocycles. The summed E-state index contributed by atoms with van der Waals surface area (Å²) < 4.78 is 24.9. The van der Waals surface area contributed by atoms with E-state index in [1.165, 1.54) is 0 Å². The molecule has 2 rings (SSSR count). The molecule has 2 unspecified atom stereocenters. The fraction of sp³-hybridized carbons (Fsp3) is 0.500. The van der Waals surface area contributed by atoms with Gasteiger partial charge in [-0.1, -0.05) is 76.2 Å². The standard InChI is InChI=1S/C28H41N2O6P/c1-6-36-37(34,23-15-11-8-12-16-23)27(32)25(18-21(4)5)29-26(31)24(17-20(2)3)30-28(33)35-19-22-13-9-7-10-14-22/h7-16,20-21,24-25,27,32H,6,17-19H2,1-5H3,(H,29,31)(H,30,33)/t24-,25-,27?,37?/m0/s1. The van der Waals surface area contributed by atoms with Crippen molar-refractivity contribution in [3.8, 4) is 0 Å². The lowest BCUT2D eigenvalue weighted by atomic mass is 10.0. The van der Waals surface area contributed by atoms with Crippen molar-refractivity contribution >= 4 is 24.7 Å². The SMILES string of the molecule is CCOP(=O)(c1ccccc1)C(O)[C@H](CC(C)C)NC(=O)[C@H](CC(C)C)NC(=O)OCc1ccccc1. The van der Waals surface area contributed by atoms with Crippen LogP contribution in [0, 0.1) is 11.8 Å². The maximum absolute atomic E-state index is 14.0. The number of aliphatic hydroxyl groups is 1. The molecule has 2 amide bonds. The van der Waals surface area contributed by atoms with E-state index in [9.17, 15) is 19.3 Å². The van der Waals surface area contributed by atoms with Crippen molar-refractivity contribution in [3.63, 3.8) is 0 Å². The van der Waals surface area contributed by atoms with Crippen LogP contribution in [0.1, 0.15) is 53.0 Å². The zero-order chi connectivity index (χ0) is 27.4. The second kappa shape index (κ2) is 14.9. The van der Waals surface area contributed by atoms with Gasteiger partial charge in [-0.3, -0.25) is 9.36 Å². The third-order valence-corrected chi connectivity index (χ3v) is 8.44. The number of alkyl carbamates (subject to hydrolysis) is 1. The van der Waals surface area contributed by atoms with Crippen molar-refractivity contribution in [2.45, 2.75) is 72.0 Å². The topological polar surface area (TPSA) is 114 Å². The molecule has 0 aliphatic rings. The lowest BCUT2D eigenvalue weighted by molar-refractivity contribution is -0.124. The number of carbonyl (C=O) groups is 2. The molecule has 0 aliphatic heterocycles. The molecule has 0 saturated carbocycles. The first-order valence-corrected chi connectivity index (χ1v) is 14.5. The first-order chi connectivity index (χ1) is 17.6. The third kappa shape index (κ3) is 9.62. The van der Waals surface area contributed by atoms with E-state index in [-0.39, 0.29) is 25.0 Å². The lowest BCUT2D eigenvalue weighted by Gasteiger charge is -2.32. The number of ether oxygens (including phenoxy) is 1. The van der Waals surface area contributed by atoms with Gasteiger partial charge in [0.25, 0.3) is 7.37 Å². The minimum atomic E-state index is -3.73. The van der Waals surface area contributed by atoms with Crippen LogP contribution in [0.2, 0.25) is 0 Å². The molecule has 8 nitrogen and oxygen atoms in total. The highest BCUT2D eigenvalue weighted by Gasteiger charge is 2.41. The molecule has 3 N–H and O–H groups in total. The Kier molecular flexibility index (Phi) is 12.3. The second-order valence-electron chi connectivity index (χ2n) is 9.90. The maximum atomic E-state index is 14.0. The molecule has 4 atom stereocenters. The van der Waals surface area contributed by atoms with Gasteiger partial charge in [-0.25, -0.2) is 4.79 Å². The summed E-state index contributed by atoms with van der Waals surface area (Å²) in [5.41, 5.74) is 0.829. The molecule has 2 aromatic carbocycles. The van der Waals surface area contributed by atoms with Crippen LogP contribution < -0.4 is 15.9 Å².